The maximum absolute atomic E-state index is 5.87. The van der Waals surface area contributed by atoms with E-state index in [4.69, 9.17) is 4.74 Å². The Kier molecular flexibility index (Phi) is 2.48. The maximum Gasteiger partial charge on any atom is 0.232 e. The molecular weight excluding hydrogens is 202 g/mol. The monoisotopic (exact) mass is 217 g/mol. The first-order valence-corrected chi connectivity index (χ1v) is 5.89. The quantitative estimate of drug-likeness (QED) is 0.775. The number of hydrogen-bond acceptors (Lipinski definition) is 3. The molecule has 1 fully saturated rings. The zero-order valence-electron chi connectivity index (χ0n) is 9.17. The highest BCUT2D eigenvalue weighted by atomic mass is 16.5. The van der Waals surface area contributed by atoms with E-state index in [0.29, 0.717) is 12.0 Å². The van der Waals surface area contributed by atoms with Gasteiger partial charge in [0.05, 0.1) is 0 Å². The van der Waals surface area contributed by atoms with Gasteiger partial charge in [-0.05, 0) is 31.7 Å². The Morgan fingerprint density at radius 3 is 2.94 bits per heavy atom. The van der Waals surface area contributed by atoms with Crippen molar-refractivity contribution in [2.45, 2.75) is 38.2 Å². The predicted octanol–water partition coefficient (Wildman–Crippen LogP) is 2.44. The van der Waals surface area contributed by atoms with Crippen molar-refractivity contribution in [3.8, 4) is 5.88 Å². The number of ether oxygens (including phenoxy) is 1. The molecule has 2 heterocycles. The Morgan fingerprint density at radius 1 is 1.19 bits per heavy atom. The second kappa shape index (κ2) is 4.12. The van der Waals surface area contributed by atoms with Crippen molar-refractivity contribution in [1.82, 2.24) is 14.6 Å². The molecule has 0 saturated heterocycles. The van der Waals surface area contributed by atoms with Crippen LogP contribution in [0.15, 0.2) is 24.5 Å². The third-order valence-electron chi connectivity index (χ3n) is 3.07. The molecule has 0 unspecified atom stereocenters. The van der Waals surface area contributed by atoms with Crippen molar-refractivity contribution in [3.63, 3.8) is 0 Å². The molecule has 1 aliphatic carbocycles. The Hall–Kier alpha value is -1.58. The second-order valence-electron chi connectivity index (χ2n) is 4.28. The van der Waals surface area contributed by atoms with E-state index in [9.17, 15) is 0 Å². The lowest BCUT2D eigenvalue weighted by atomic mass is 9.98. The third-order valence-corrected chi connectivity index (χ3v) is 3.07. The number of hydrogen-bond donors (Lipinski definition) is 0. The largest absolute Gasteiger partial charge is 0.473 e. The first kappa shape index (κ1) is 9.63. The van der Waals surface area contributed by atoms with Crippen LogP contribution in [0.2, 0.25) is 0 Å². The topological polar surface area (TPSA) is 39.4 Å². The smallest absolute Gasteiger partial charge is 0.232 e. The number of fused-ring (bicyclic) bond motifs is 1. The Bertz CT molecular complexity index is 474. The summed E-state index contributed by atoms with van der Waals surface area (Å²) < 4.78 is 7.62. The van der Waals surface area contributed by atoms with E-state index in [1.807, 2.05) is 18.3 Å². The van der Waals surface area contributed by atoms with E-state index in [-0.39, 0.29) is 0 Å². The van der Waals surface area contributed by atoms with Crippen LogP contribution >= 0.6 is 0 Å². The van der Waals surface area contributed by atoms with Crippen LogP contribution in [0.1, 0.15) is 32.1 Å². The van der Waals surface area contributed by atoms with Gasteiger partial charge in [-0.15, -0.1) is 5.10 Å². The molecule has 1 aliphatic rings. The van der Waals surface area contributed by atoms with Gasteiger partial charge in [0.25, 0.3) is 0 Å². The van der Waals surface area contributed by atoms with Crippen LogP contribution in [-0.2, 0) is 0 Å². The summed E-state index contributed by atoms with van der Waals surface area (Å²) >= 11 is 0. The van der Waals surface area contributed by atoms with Crippen LogP contribution in [0.3, 0.4) is 0 Å². The van der Waals surface area contributed by atoms with Crippen LogP contribution in [0.5, 0.6) is 5.88 Å². The zero-order chi connectivity index (χ0) is 10.8. The molecule has 0 aromatic carbocycles. The van der Waals surface area contributed by atoms with Gasteiger partial charge in [-0.1, -0.05) is 6.42 Å². The number of aromatic nitrogens is 3. The minimum Gasteiger partial charge on any atom is -0.473 e. The fourth-order valence-electron chi connectivity index (χ4n) is 2.21. The van der Waals surface area contributed by atoms with Crippen molar-refractivity contribution in [2.24, 2.45) is 0 Å². The van der Waals surface area contributed by atoms with Crippen molar-refractivity contribution < 1.29 is 4.74 Å². The summed E-state index contributed by atoms with van der Waals surface area (Å²) in [5, 5.41) is 4.36. The molecule has 4 nitrogen and oxygen atoms in total. The van der Waals surface area contributed by atoms with E-state index >= 15 is 0 Å². The van der Waals surface area contributed by atoms with Gasteiger partial charge in [0, 0.05) is 18.5 Å². The van der Waals surface area contributed by atoms with Gasteiger partial charge in [-0.2, -0.15) is 0 Å². The minimum atomic E-state index is 0.349. The van der Waals surface area contributed by atoms with Gasteiger partial charge >= 0.3 is 0 Å². The number of rotatable bonds is 2. The third kappa shape index (κ3) is 1.87. The molecule has 0 bridgehead atoms. The normalized spacial score (nSPS) is 17.8. The Morgan fingerprint density at radius 2 is 2.06 bits per heavy atom. The number of imidazole rings is 1. The van der Waals surface area contributed by atoms with E-state index in [0.717, 1.165) is 18.5 Å². The zero-order valence-corrected chi connectivity index (χ0v) is 9.17. The van der Waals surface area contributed by atoms with Gasteiger partial charge in [0.2, 0.25) is 5.88 Å². The molecule has 0 amide bonds. The summed E-state index contributed by atoms with van der Waals surface area (Å²) in [5.41, 5.74) is 0.857. The highest BCUT2D eigenvalue weighted by Crippen LogP contribution is 2.22. The first-order valence-electron chi connectivity index (χ1n) is 5.89. The summed E-state index contributed by atoms with van der Waals surface area (Å²) in [4.78, 5) is 4.15. The van der Waals surface area contributed by atoms with Crippen molar-refractivity contribution in [3.05, 3.63) is 24.5 Å². The molecule has 84 valence electrons. The fraction of sp³-hybridized carbons (Fsp3) is 0.500. The average Bonchev–Trinajstić information content (AvgIpc) is 2.77. The van der Waals surface area contributed by atoms with Crippen molar-refractivity contribution in [2.75, 3.05) is 0 Å². The van der Waals surface area contributed by atoms with Crippen molar-refractivity contribution in [1.29, 1.82) is 0 Å². The molecule has 16 heavy (non-hydrogen) atoms. The maximum atomic E-state index is 5.87. The van der Waals surface area contributed by atoms with E-state index in [1.54, 1.807) is 10.7 Å². The van der Waals surface area contributed by atoms with Gasteiger partial charge in [0.15, 0.2) is 5.65 Å². The lowest BCUT2D eigenvalue weighted by Crippen LogP contribution is -2.20. The second-order valence-corrected chi connectivity index (χ2v) is 4.28. The first-order chi connectivity index (χ1) is 7.92. The standard InChI is InChI=1S/C12H15N3O/c1-2-4-10(5-3-1)16-12-7-6-11-13-8-9-15(11)14-12/h6-10H,1-5H2. The van der Waals surface area contributed by atoms with Crippen LogP contribution in [0.25, 0.3) is 5.65 Å². The molecular formula is C12H15N3O. The van der Waals surface area contributed by atoms with Crippen LogP contribution in [0.4, 0.5) is 0 Å². The molecule has 0 N–H and O–H groups in total. The molecule has 0 radical (unpaired) electrons. The SMILES string of the molecule is c1cn2nc(OC3CCCCC3)ccc2n1. The summed E-state index contributed by atoms with van der Waals surface area (Å²) in [5.74, 6) is 0.706. The lowest BCUT2D eigenvalue weighted by Gasteiger charge is -2.22. The lowest BCUT2D eigenvalue weighted by molar-refractivity contribution is 0.146. The molecule has 2 aromatic rings. The van der Waals surface area contributed by atoms with Gasteiger partial charge < -0.3 is 4.74 Å². The summed E-state index contributed by atoms with van der Waals surface area (Å²) in [6.45, 7) is 0. The molecule has 0 spiro atoms. The van der Waals surface area contributed by atoms with Crippen molar-refractivity contribution >= 4 is 5.65 Å². The Balaban J connectivity index is 1.77. The average molecular weight is 217 g/mol. The number of nitrogens with zero attached hydrogens (tertiary/aromatic N) is 3. The van der Waals surface area contributed by atoms with Gasteiger partial charge in [-0.3, -0.25) is 0 Å². The predicted molar refractivity (Wildman–Crippen MR) is 60.5 cm³/mol. The highest BCUT2D eigenvalue weighted by molar-refractivity contribution is 5.37. The molecule has 1 saturated carbocycles. The Labute approximate surface area is 94.3 Å². The van der Waals surface area contributed by atoms with Crippen LogP contribution in [-0.4, -0.2) is 20.7 Å². The van der Waals surface area contributed by atoms with E-state index < -0.39 is 0 Å². The molecule has 0 atom stereocenters. The summed E-state index contributed by atoms with van der Waals surface area (Å²) in [6, 6.07) is 3.84. The summed E-state index contributed by atoms with van der Waals surface area (Å²) in [7, 11) is 0. The molecule has 0 aliphatic heterocycles. The molecule has 2 aromatic heterocycles. The van der Waals surface area contributed by atoms with E-state index in [2.05, 4.69) is 10.1 Å². The minimum absolute atomic E-state index is 0.349. The summed E-state index contributed by atoms with van der Waals surface area (Å²) in [6.07, 6.45) is 10.1. The fourth-order valence-corrected chi connectivity index (χ4v) is 2.21. The van der Waals surface area contributed by atoms with Crippen LogP contribution in [0, 0.1) is 0 Å². The molecule has 4 heteroatoms. The molecule has 3 rings (SSSR count). The highest BCUT2D eigenvalue weighted by Gasteiger charge is 2.15. The van der Waals surface area contributed by atoms with E-state index in [1.165, 1.54) is 19.3 Å². The van der Waals surface area contributed by atoms with Gasteiger partial charge in [-0.25, -0.2) is 9.50 Å². The van der Waals surface area contributed by atoms with Crippen LogP contribution < -0.4 is 4.74 Å². The van der Waals surface area contributed by atoms with Gasteiger partial charge in [0.1, 0.15) is 6.10 Å².